The average molecular weight is 322 g/mol. The molecule has 0 spiro atoms. The van der Waals surface area contributed by atoms with E-state index in [4.69, 9.17) is 9.68 Å². The predicted octanol–water partition coefficient (Wildman–Crippen LogP) is 3.93. The summed E-state index contributed by atoms with van der Waals surface area (Å²) in [5.74, 6) is -0.692. The highest BCUT2D eigenvalue weighted by molar-refractivity contribution is 5.69. The Morgan fingerprint density at radius 3 is 1.83 bits per heavy atom. The van der Waals surface area contributed by atoms with E-state index in [-0.39, 0.29) is 11.9 Å². The van der Waals surface area contributed by atoms with E-state index < -0.39 is 4.81 Å². The molecule has 1 aromatic carbocycles. The van der Waals surface area contributed by atoms with Crippen molar-refractivity contribution in [2.45, 2.75) is 59.4 Å². The van der Waals surface area contributed by atoms with Gasteiger partial charge in [-0.25, -0.2) is 19.3 Å². The van der Waals surface area contributed by atoms with Crippen LogP contribution in [0.5, 0.6) is 0 Å². The zero-order valence-corrected chi connectivity index (χ0v) is 14.4. The van der Waals surface area contributed by atoms with Gasteiger partial charge < -0.3 is 0 Å². The molecule has 0 heterocycles. The van der Waals surface area contributed by atoms with Crippen molar-refractivity contribution in [3.05, 3.63) is 35.9 Å². The summed E-state index contributed by atoms with van der Waals surface area (Å²) >= 11 is 0. The minimum absolute atomic E-state index is 0.309. The Morgan fingerprint density at radius 2 is 1.39 bits per heavy atom. The van der Waals surface area contributed by atoms with Crippen molar-refractivity contribution in [3.8, 4) is 0 Å². The molecule has 1 rings (SSSR count). The molecule has 0 atom stereocenters. The number of hydrogen-bond donors (Lipinski definition) is 0. The maximum atomic E-state index is 12.0. The van der Waals surface area contributed by atoms with E-state index in [9.17, 15) is 9.59 Å². The molecule has 128 valence electrons. The van der Waals surface area contributed by atoms with Crippen molar-refractivity contribution in [3.63, 3.8) is 0 Å². The molecule has 0 unspecified atom stereocenters. The highest BCUT2D eigenvalue weighted by atomic mass is 17.0. The summed E-state index contributed by atoms with van der Waals surface area (Å²) in [6.45, 7) is 6.55. The molecular weight excluding hydrogens is 294 g/mol. The van der Waals surface area contributed by atoms with Crippen LogP contribution in [-0.2, 0) is 25.8 Å². The van der Waals surface area contributed by atoms with Crippen LogP contribution in [0.15, 0.2) is 30.3 Å². The minimum Gasteiger partial charge on any atom is -0.245 e. The zero-order valence-electron chi connectivity index (χ0n) is 14.4. The summed E-state index contributed by atoms with van der Waals surface area (Å²) in [7, 11) is 0. The Hall–Kier alpha value is -1.88. The standard InChI is InChI=1S/C18H28NO4/c1-4-10-17(20)22-19(14-6-3,23-18(21)11-5-2)15-16-12-8-7-9-13-16/h7-9,12-13H,4-6,10-11,14-15H2,1-3H3/q+1. The van der Waals surface area contributed by atoms with Crippen molar-refractivity contribution in [2.75, 3.05) is 6.54 Å². The molecule has 1 aromatic rings. The Labute approximate surface area is 138 Å². The zero-order chi connectivity index (χ0) is 17.1. The first-order chi connectivity index (χ1) is 11.0. The van der Waals surface area contributed by atoms with Crippen LogP contribution in [-0.4, -0.2) is 23.3 Å². The van der Waals surface area contributed by atoms with Crippen molar-refractivity contribution in [1.82, 2.24) is 0 Å². The Kier molecular flexibility index (Phi) is 8.33. The van der Waals surface area contributed by atoms with Crippen molar-refractivity contribution >= 4 is 11.9 Å². The number of hydroxylamine groups is 4. The average Bonchev–Trinajstić information content (AvgIpc) is 2.48. The minimum atomic E-state index is -0.418. The molecule has 5 heteroatoms. The molecule has 0 amide bonds. The molecule has 0 bridgehead atoms. The van der Waals surface area contributed by atoms with Gasteiger partial charge in [-0.1, -0.05) is 51.1 Å². The van der Waals surface area contributed by atoms with Gasteiger partial charge >= 0.3 is 11.9 Å². The molecule has 5 nitrogen and oxygen atoms in total. The van der Waals surface area contributed by atoms with Crippen LogP contribution in [0.3, 0.4) is 0 Å². The monoisotopic (exact) mass is 322 g/mol. The number of carbonyl (C=O) groups excluding carboxylic acids is 2. The first-order valence-electron chi connectivity index (χ1n) is 8.41. The van der Waals surface area contributed by atoms with Crippen LogP contribution in [0.1, 0.15) is 58.4 Å². The fourth-order valence-electron chi connectivity index (χ4n) is 2.33. The SMILES string of the molecule is CCCC(=O)O[N+](CCC)(Cc1ccccc1)OC(=O)CCC. The number of rotatable bonds is 10. The number of quaternary nitrogens is 1. The van der Waals surface area contributed by atoms with E-state index in [0.29, 0.717) is 38.8 Å². The first-order valence-corrected chi connectivity index (χ1v) is 8.41. The van der Waals surface area contributed by atoms with Gasteiger partial charge in [0, 0.05) is 12.0 Å². The molecular formula is C18H28NO4+. The Balaban J connectivity index is 3.01. The summed E-state index contributed by atoms with van der Waals surface area (Å²) in [5, 5.41) is 0. The normalized spacial score (nSPS) is 11.1. The van der Waals surface area contributed by atoms with Crippen LogP contribution >= 0.6 is 0 Å². The van der Waals surface area contributed by atoms with Gasteiger partial charge in [0.1, 0.15) is 0 Å². The second-order valence-electron chi connectivity index (χ2n) is 5.61. The number of hydrogen-bond acceptors (Lipinski definition) is 4. The third kappa shape index (κ3) is 6.82. The second kappa shape index (κ2) is 10.0. The van der Waals surface area contributed by atoms with Crippen LogP contribution in [0.4, 0.5) is 0 Å². The molecule has 0 aromatic heterocycles. The maximum Gasteiger partial charge on any atom is 0.372 e. The van der Waals surface area contributed by atoms with Crippen LogP contribution in [0.25, 0.3) is 0 Å². The van der Waals surface area contributed by atoms with Gasteiger partial charge in [-0.2, -0.15) is 0 Å². The van der Waals surface area contributed by atoms with Gasteiger partial charge in [0.2, 0.25) is 0 Å². The lowest BCUT2D eigenvalue weighted by Gasteiger charge is -2.30. The number of benzene rings is 1. The summed E-state index contributed by atoms with van der Waals surface area (Å²) in [6.07, 6.45) is 2.73. The number of carbonyl (C=O) groups is 2. The summed E-state index contributed by atoms with van der Waals surface area (Å²) < 4.78 is 0. The quantitative estimate of drug-likeness (QED) is 0.484. The van der Waals surface area contributed by atoms with E-state index in [1.165, 1.54) is 0 Å². The van der Waals surface area contributed by atoms with Crippen molar-refractivity contribution in [1.29, 1.82) is 0 Å². The highest BCUT2D eigenvalue weighted by Gasteiger charge is 2.38. The Bertz CT molecular complexity index is 467. The molecule has 0 aliphatic carbocycles. The maximum absolute atomic E-state index is 12.0. The fourth-order valence-corrected chi connectivity index (χ4v) is 2.33. The van der Waals surface area contributed by atoms with Crippen molar-refractivity contribution in [2.24, 2.45) is 0 Å². The summed E-state index contributed by atoms with van der Waals surface area (Å²) in [5.41, 5.74) is 0.953. The van der Waals surface area contributed by atoms with E-state index >= 15 is 0 Å². The van der Waals surface area contributed by atoms with E-state index in [1.807, 2.05) is 51.1 Å². The summed E-state index contributed by atoms with van der Waals surface area (Å²) in [4.78, 5) is 34.8. The lowest BCUT2D eigenvalue weighted by molar-refractivity contribution is -1.23. The molecule has 0 saturated heterocycles. The third-order valence-corrected chi connectivity index (χ3v) is 3.28. The lowest BCUT2D eigenvalue weighted by Crippen LogP contribution is -2.50. The lowest BCUT2D eigenvalue weighted by atomic mass is 10.2. The van der Waals surface area contributed by atoms with Gasteiger partial charge in [0.25, 0.3) is 0 Å². The van der Waals surface area contributed by atoms with Gasteiger partial charge in [0.15, 0.2) is 13.1 Å². The molecule has 0 saturated carbocycles. The molecule has 0 aliphatic heterocycles. The highest BCUT2D eigenvalue weighted by Crippen LogP contribution is 2.20. The van der Waals surface area contributed by atoms with Crippen LogP contribution in [0.2, 0.25) is 0 Å². The smallest absolute Gasteiger partial charge is 0.245 e. The van der Waals surface area contributed by atoms with E-state index in [2.05, 4.69) is 0 Å². The number of nitrogens with zero attached hydrogens (tertiary/aromatic N) is 1. The van der Waals surface area contributed by atoms with Gasteiger partial charge in [-0.05, 0) is 12.8 Å². The van der Waals surface area contributed by atoms with Crippen LogP contribution in [0, 0.1) is 0 Å². The van der Waals surface area contributed by atoms with E-state index in [0.717, 1.165) is 12.0 Å². The van der Waals surface area contributed by atoms with Crippen molar-refractivity contribution < 1.29 is 24.1 Å². The topological polar surface area (TPSA) is 52.6 Å². The second-order valence-corrected chi connectivity index (χ2v) is 5.61. The molecule has 0 aliphatic rings. The molecule has 23 heavy (non-hydrogen) atoms. The fraction of sp³-hybridized carbons (Fsp3) is 0.556. The summed E-state index contributed by atoms with van der Waals surface area (Å²) in [6, 6.07) is 9.62. The molecule has 0 N–H and O–H groups in total. The Morgan fingerprint density at radius 1 is 0.870 bits per heavy atom. The van der Waals surface area contributed by atoms with E-state index in [1.54, 1.807) is 0 Å². The largest absolute Gasteiger partial charge is 0.372 e. The molecule has 0 fully saturated rings. The molecule has 0 radical (unpaired) electrons. The third-order valence-electron chi connectivity index (χ3n) is 3.28. The van der Waals surface area contributed by atoms with Crippen LogP contribution < -0.4 is 0 Å². The van der Waals surface area contributed by atoms with Gasteiger partial charge in [-0.3, -0.25) is 0 Å². The predicted molar refractivity (Wildman–Crippen MR) is 87.6 cm³/mol. The van der Waals surface area contributed by atoms with Gasteiger partial charge in [-0.15, -0.1) is 0 Å². The van der Waals surface area contributed by atoms with Gasteiger partial charge in [0.05, 0.1) is 17.7 Å². The first kappa shape index (κ1) is 19.2.